The molecule has 4 rings (SSSR count). The number of aromatic nitrogens is 2. The van der Waals surface area contributed by atoms with Crippen molar-refractivity contribution in [3.63, 3.8) is 0 Å². The molecule has 1 atom stereocenters. The molecule has 9 heteroatoms. The summed E-state index contributed by atoms with van der Waals surface area (Å²) in [5, 5.41) is 5.62. The van der Waals surface area contributed by atoms with Crippen molar-refractivity contribution in [2.45, 2.75) is 25.0 Å². The number of hydrogen-bond acceptors (Lipinski definition) is 7. The number of thioether (sulfide) groups is 1. The Morgan fingerprint density at radius 3 is 2.86 bits per heavy atom. The van der Waals surface area contributed by atoms with Gasteiger partial charge in [0.1, 0.15) is 11.1 Å². The van der Waals surface area contributed by atoms with Crippen molar-refractivity contribution in [2.24, 2.45) is 9.98 Å². The number of ether oxygens (including phenoxy) is 1. The number of aliphatic imine (C=N–C) groups is 2. The van der Waals surface area contributed by atoms with Crippen LogP contribution in [0.25, 0.3) is 5.69 Å². The van der Waals surface area contributed by atoms with Gasteiger partial charge in [-0.15, -0.1) is 0 Å². The average Bonchev–Trinajstić information content (AvgIpc) is 3.16. The van der Waals surface area contributed by atoms with Crippen LogP contribution in [0.2, 0.25) is 5.02 Å². The second-order valence-electron chi connectivity index (χ2n) is 6.41. The lowest BCUT2D eigenvalue weighted by Crippen LogP contribution is -2.42. The van der Waals surface area contributed by atoms with E-state index in [2.05, 4.69) is 10.00 Å². The Morgan fingerprint density at radius 2 is 2.14 bits per heavy atom. The van der Waals surface area contributed by atoms with E-state index >= 15 is 0 Å². The van der Waals surface area contributed by atoms with E-state index in [0.29, 0.717) is 17.3 Å². The van der Waals surface area contributed by atoms with E-state index in [0.717, 1.165) is 41.8 Å². The van der Waals surface area contributed by atoms with E-state index in [1.54, 1.807) is 10.9 Å². The summed E-state index contributed by atoms with van der Waals surface area (Å²) in [4.78, 5) is 23.8. The van der Waals surface area contributed by atoms with Gasteiger partial charge in [0.2, 0.25) is 0 Å². The van der Waals surface area contributed by atoms with Gasteiger partial charge in [-0.25, -0.2) is 9.67 Å². The number of hydrogen-bond donors (Lipinski definition) is 0. The van der Waals surface area contributed by atoms with E-state index < -0.39 is 0 Å². The normalized spacial score (nSPS) is 16.6. The lowest BCUT2D eigenvalue weighted by molar-refractivity contribution is -0.139. The smallest absolute Gasteiger partial charge is 0.319 e. The third kappa shape index (κ3) is 3.42. The minimum absolute atomic E-state index is 0.247. The second-order valence-corrected chi connectivity index (χ2v) is 8.02. The summed E-state index contributed by atoms with van der Waals surface area (Å²) < 4.78 is 6.72. The number of halogens is 1. The number of nitrogens with zero attached hydrogens (tertiary/aromatic N) is 5. The first kappa shape index (κ1) is 19.0. The molecular formula is C19H20ClN5O2S. The summed E-state index contributed by atoms with van der Waals surface area (Å²) in [5.41, 5.74) is 1.76. The van der Waals surface area contributed by atoms with Crippen molar-refractivity contribution in [1.82, 2.24) is 14.7 Å². The highest BCUT2D eigenvalue weighted by atomic mass is 35.5. The highest BCUT2D eigenvalue weighted by molar-refractivity contribution is 8.14. The first-order valence-electron chi connectivity index (χ1n) is 9.12. The summed E-state index contributed by atoms with van der Waals surface area (Å²) in [5.74, 6) is 1.32. The molecule has 28 heavy (non-hydrogen) atoms. The molecule has 1 aromatic heterocycles. The van der Waals surface area contributed by atoms with E-state index in [1.807, 2.05) is 31.2 Å². The fraction of sp³-hybridized carbons (Fsp3) is 0.368. The molecule has 2 aliphatic rings. The van der Waals surface area contributed by atoms with Crippen LogP contribution in [0.5, 0.6) is 0 Å². The van der Waals surface area contributed by atoms with Crippen LogP contribution in [0, 0.1) is 0 Å². The molecule has 0 fully saturated rings. The SMILES string of the molecule is CCC(SC1=Nc2c(cnn2-c2ccc(Cl)cc2)C2=NCCCN12)C(=O)OC. The molecule has 0 radical (unpaired) electrons. The molecule has 0 amide bonds. The van der Waals surface area contributed by atoms with Crippen molar-refractivity contribution in [3.8, 4) is 5.69 Å². The summed E-state index contributed by atoms with van der Waals surface area (Å²) in [6.07, 6.45) is 3.39. The molecule has 2 aliphatic heterocycles. The summed E-state index contributed by atoms with van der Waals surface area (Å²) in [7, 11) is 1.41. The topological polar surface area (TPSA) is 72.1 Å². The molecule has 2 aromatic rings. The fourth-order valence-electron chi connectivity index (χ4n) is 3.20. The maximum Gasteiger partial charge on any atom is 0.319 e. The fourth-order valence-corrected chi connectivity index (χ4v) is 4.38. The van der Waals surface area contributed by atoms with Crippen molar-refractivity contribution < 1.29 is 9.53 Å². The average molecular weight is 418 g/mol. The van der Waals surface area contributed by atoms with E-state index in [9.17, 15) is 4.79 Å². The quantitative estimate of drug-likeness (QED) is 0.710. The zero-order chi connectivity index (χ0) is 19.7. The molecule has 1 aromatic carbocycles. The van der Waals surface area contributed by atoms with Crippen molar-refractivity contribution in [1.29, 1.82) is 0 Å². The number of amidine groups is 2. The predicted octanol–water partition coefficient (Wildman–Crippen LogP) is 3.66. The maximum atomic E-state index is 12.1. The molecule has 3 heterocycles. The lowest BCUT2D eigenvalue weighted by Gasteiger charge is -2.33. The van der Waals surface area contributed by atoms with Crippen LogP contribution in [0.3, 0.4) is 0 Å². The highest BCUT2D eigenvalue weighted by Gasteiger charge is 2.34. The number of carbonyl (C=O) groups excluding carboxylic acids is 1. The van der Waals surface area contributed by atoms with E-state index in [4.69, 9.17) is 26.3 Å². The standard InChI is InChI=1S/C19H20ClN5O2S/c1-3-15(18(26)27-2)28-19-23-17-14(16-21-9-4-10-24(16)19)11-22-25(17)13-7-5-12(20)6-8-13/h5-8,11,15H,3-4,9-10H2,1-2H3. The molecule has 0 spiro atoms. The van der Waals surface area contributed by atoms with Gasteiger partial charge in [0, 0.05) is 18.1 Å². The Kier molecular flexibility index (Phi) is 5.41. The number of benzene rings is 1. The number of rotatable bonds is 4. The summed E-state index contributed by atoms with van der Waals surface area (Å²) in [6.45, 7) is 3.55. The predicted molar refractivity (Wildman–Crippen MR) is 112 cm³/mol. The zero-order valence-corrected chi connectivity index (χ0v) is 17.2. The molecule has 0 N–H and O–H groups in total. The van der Waals surface area contributed by atoms with Gasteiger partial charge in [-0.3, -0.25) is 9.79 Å². The monoisotopic (exact) mass is 417 g/mol. The molecule has 7 nitrogen and oxygen atoms in total. The second kappa shape index (κ2) is 7.97. The van der Waals surface area contributed by atoms with Gasteiger partial charge >= 0.3 is 5.97 Å². The Hall–Kier alpha value is -2.32. The van der Waals surface area contributed by atoms with Crippen molar-refractivity contribution in [3.05, 3.63) is 41.0 Å². The highest BCUT2D eigenvalue weighted by Crippen LogP contribution is 2.35. The van der Waals surface area contributed by atoms with Gasteiger partial charge in [0.15, 0.2) is 11.0 Å². The van der Waals surface area contributed by atoms with Gasteiger partial charge in [0.25, 0.3) is 0 Å². The Labute approximate surface area is 172 Å². The number of fused-ring (bicyclic) bond motifs is 3. The van der Waals surface area contributed by atoms with Gasteiger partial charge in [-0.1, -0.05) is 30.3 Å². The number of carbonyl (C=O) groups is 1. The van der Waals surface area contributed by atoms with Gasteiger partial charge < -0.3 is 9.64 Å². The van der Waals surface area contributed by atoms with Crippen molar-refractivity contribution >= 4 is 46.2 Å². The third-order valence-electron chi connectivity index (χ3n) is 4.63. The van der Waals surface area contributed by atoms with Crippen LogP contribution in [0.4, 0.5) is 5.82 Å². The van der Waals surface area contributed by atoms with E-state index in [-0.39, 0.29) is 11.2 Å². The molecule has 1 unspecified atom stereocenters. The minimum atomic E-state index is -0.319. The summed E-state index contributed by atoms with van der Waals surface area (Å²) >= 11 is 7.43. The Bertz CT molecular complexity index is 954. The molecule has 0 saturated carbocycles. The molecule has 0 bridgehead atoms. The Morgan fingerprint density at radius 1 is 1.36 bits per heavy atom. The van der Waals surface area contributed by atoms with Gasteiger partial charge in [-0.2, -0.15) is 5.10 Å². The molecule has 0 saturated heterocycles. The maximum absolute atomic E-state index is 12.1. The van der Waals surface area contributed by atoms with Gasteiger partial charge in [-0.05, 0) is 37.1 Å². The van der Waals surface area contributed by atoms with Crippen LogP contribution < -0.4 is 0 Å². The number of methoxy groups -OCH3 is 1. The van der Waals surface area contributed by atoms with Crippen molar-refractivity contribution in [2.75, 3.05) is 20.2 Å². The zero-order valence-electron chi connectivity index (χ0n) is 15.6. The number of esters is 1. The summed E-state index contributed by atoms with van der Waals surface area (Å²) in [6, 6.07) is 7.44. The first-order chi connectivity index (χ1) is 13.6. The molecular weight excluding hydrogens is 398 g/mol. The van der Waals surface area contributed by atoms with E-state index in [1.165, 1.54) is 18.9 Å². The van der Waals surface area contributed by atoms with Gasteiger partial charge in [0.05, 0.1) is 24.6 Å². The Balaban J connectivity index is 1.78. The minimum Gasteiger partial charge on any atom is -0.468 e. The third-order valence-corrected chi connectivity index (χ3v) is 6.21. The van der Waals surface area contributed by atoms with Crippen LogP contribution in [-0.4, -0.2) is 57.1 Å². The van der Waals surface area contributed by atoms with Crippen LogP contribution in [-0.2, 0) is 9.53 Å². The largest absolute Gasteiger partial charge is 0.468 e. The lowest BCUT2D eigenvalue weighted by atomic mass is 10.2. The first-order valence-corrected chi connectivity index (χ1v) is 10.4. The van der Waals surface area contributed by atoms with Crippen LogP contribution >= 0.6 is 23.4 Å². The van der Waals surface area contributed by atoms with Crippen LogP contribution in [0.1, 0.15) is 25.3 Å². The molecule has 146 valence electrons. The molecule has 0 aliphatic carbocycles. The van der Waals surface area contributed by atoms with Crippen LogP contribution in [0.15, 0.2) is 40.4 Å².